The number of hydrogen-bond donors (Lipinski definition) is 3. The Kier molecular flexibility index (Phi) is 6.43. The second-order valence-electron chi connectivity index (χ2n) is 2.58. The zero-order valence-electron chi connectivity index (χ0n) is 7.85. The summed E-state index contributed by atoms with van der Waals surface area (Å²) < 4.78 is 5.13. The van der Waals surface area contributed by atoms with E-state index in [9.17, 15) is 4.79 Å². The van der Waals surface area contributed by atoms with Crippen LogP contribution in [-0.2, 0) is 4.74 Å². The summed E-state index contributed by atoms with van der Waals surface area (Å²) in [6, 6.07) is -0.485. The smallest absolute Gasteiger partial charge is 0.405 e. The minimum atomic E-state index is -1.14. The number of carboxylic acid groups (broad SMARTS) is 1. The highest BCUT2D eigenvalue weighted by Gasteiger charge is 2.09. The molecule has 0 saturated carbocycles. The highest BCUT2D eigenvalue weighted by molar-refractivity contribution is 5.65. The number of carbonyl (C=O) groups is 1. The maximum Gasteiger partial charge on any atom is 0.405 e. The van der Waals surface area contributed by atoms with Crippen molar-refractivity contribution in [2.24, 2.45) is 0 Å². The lowest BCUT2D eigenvalue weighted by atomic mass is 10.3. The Balaban J connectivity index is 3.87. The number of rotatable bonds is 7. The topological polar surface area (TPSA) is 78.8 Å². The molecule has 0 heterocycles. The molecule has 0 aliphatic carbocycles. The summed E-state index contributed by atoms with van der Waals surface area (Å²) in [5.41, 5.74) is 0. The summed E-state index contributed by atoms with van der Waals surface area (Å²) in [6.07, 6.45) is 1.25. The third-order valence-electron chi connectivity index (χ3n) is 1.53. The van der Waals surface area contributed by atoms with Crippen LogP contribution in [-0.4, -0.2) is 41.7 Å². The van der Waals surface area contributed by atoms with Crippen molar-refractivity contribution in [3.8, 4) is 0 Å². The summed E-state index contributed by atoms with van der Waals surface area (Å²) in [4.78, 5) is 10.3. The highest BCUT2D eigenvalue weighted by atomic mass is 16.5. The molecule has 14 heavy (non-hydrogen) atoms. The van der Waals surface area contributed by atoms with Gasteiger partial charge in [-0.3, -0.25) is 0 Å². The van der Waals surface area contributed by atoms with E-state index in [0.29, 0.717) is 0 Å². The molecule has 2 atom stereocenters. The van der Waals surface area contributed by atoms with Crippen molar-refractivity contribution in [3.63, 3.8) is 0 Å². The van der Waals surface area contributed by atoms with Gasteiger partial charge in [0.15, 0.2) is 0 Å². The molecule has 5 nitrogen and oxygen atoms in total. The van der Waals surface area contributed by atoms with Crippen LogP contribution < -0.4 is 5.32 Å². The predicted molar refractivity (Wildman–Crippen MR) is 52.2 cm³/mol. The maximum absolute atomic E-state index is 10.3. The van der Waals surface area contributed by atoms with Gasteiger partial charge in [-0.25, -0.2) is 4.79 Å². The molecule has 1 unspecified atom stereocenters. The fourth-order valence-electron chi connectivity index (χ4n) is 0.750. The van der Waals surface area contributed by atoms with Crippen molar-refractivity contribution in [3.05, 3.63) is 25.3 Å². The van der Waals surface area contributed by atoms with Crippen LogP contribution in [0.15, 0.2) is 25.3 Å². The minimum absolute atomic E-state index is 0.118. The van der Waals surface area contributed by atoms with Gasteiger partial charge in [0.2, 0.25) is 0 Å². The fourth-order valence-corrected chi connectivity index (χ4v) is 0.750. The first-order valence-corrected chi connectivity index (χ1v) is 4.11. The number of aliphatic hydroxyl groups excluding tert-OH is 1. The second-order valence-corrected chi connectivity index (χ2v) is 2.58. The summed E-state index contributed by atoms with van der Waals surface area (Å²) in [6.45, 7) is 6.84. The Morgan fingerprint density at radius 1 is 1.50 bits per heavy atom. The van der Waals surface area contributed by atoms with Crippen LogP contribution in [0.2, 0.25) is 0 Å². The van der Waals surface area contributed by atoms with Gasteiger partial charge in [-0.15, -0.1) is 13.2 Å². The molecule has 0 rings (SSSR count). The van der Waals surface area contributed by atoms with Crippen molar-refractivity contribution in [1.29, 1.82) is 0 Å². The van der Waals surface area contributed by atoms with Gasteiger partial charge in [-0.05, 0) is 0 Å². The standard InChI is InChI=1S/C9H15NO4/c1-3-7(10-9(12)13)6-14-8(4-2)5-11/h3-4,7-8,10-11H,1-2,5-6H2,(H,12,13)/t7-,8?/m1/s1. The Morgan fingerprint density at radius 3 is 2.50 bits per heavy atom. The molecule has 0 aromatic rings. The Morgan fingerprint density at radius 2 is 2.14 bits per heavy atom. The van der Waals surface area contributed by atoms with E-state index in [1.807, 2.05) is 0 Å². The molecule has 0 aromatic carbocycles. The molecule has 80 valence electrons. The third kappa shape index (κ3) is 5.34. The molecule has 0 radical (unpaired) electrons. The van der Waals surface area contributed by atoms with Crippen molar-refractivity contribution >= 4 is 6.09 Å². The summed E-state index contributed by atoms with van der Waals surface area (Å²) in [5, 5.41) is 19.3. The normalized spacial score (nSPS) is 14.1. The lowest BCUT2D eigenvalue weighted by molar-refractivity contribution is 0.0367. The van der Waals surface area contributed by atoms with E-state index in [0.717, 1.165) is 0 Å². The largest absolute Gasteiger partial charge is 0.465 e. The third-order valence-corrected chi connectivity index (χ3v) is 1.53. The molecule has 0 spiro atoms. The predicted octanol–water partition coefficient (Wildman–Crippen LogP) is 0.372. The molecule has 3 N–H and O–H groups in total. The van der Waals surface area contributed by atoms with Crippen LogP contribution in [0.4, 0.5) is 4.79 Å². The molecular weight excluding hydrogens is 186 g/mol. The van der Waals surface area contributed by atoms with E-state index < -0.39 is 18.2 Å². The first-order valence-electron chi connectivity index (χ1n) is 4.11. The number of aliphatic hydroxyl groups is 1. The van der Waals surface area contributed by atoms with Gasteiger partial charge in [0, 0.05) is 0 Å². The molecule has 5 heteroatoms. The monoisotopic (exact) mass is 201 g/mol. The van der Waals surface area contributed by atoms with Gasteiger partial charge in [0.05, 0.1) is 25.4 Å². The molecule has 0 aromatic heterocycles. The summed E-state index contributed by atoms with van der Waals surface area (Å²) in [5.74, 6) is 0. The zero-order chi connectivity index (χ0) is 11.0. The van der Waals surface area contributed by atoms with Crippen LogP contribution in [0, 0.1) is 0 Å². The molecule has 0 bridgehead atoms. The molecule has 0 saturated heterocycles. The Labute approximate surface area is 82.7 Å². The van der Waals surface area contributed by atoms with Crippen LogP contribution in [0.1, 0.15) is 0 Å². The molecule has 0 aliphatic rings. The minimum Gasteiger partial charge on any atom is -0.465 e. The van der Waals surface area contributed by atoms with Gasteiger partial charge in [0.1, 0.15) is 0 Å². The fraction of sp³-hybridized carbons (Fsp3) is 0.444. The molecule has 0 aliphatic heterocycles. The van der Waals surface area contributed by atoms with Crippen molar-refractivity contribution in [1.82, 2.24) is 5.32 Å². The van der Waals surface area contributed by atoms with E-state index in [1.165, 1.54) is 12.2 Å². The molecule has 1 amide bonds. The van der Waals surface area contributed by atoms with E-state index in [2.05, 4.69) is 18.5 Å². The van der Waals surface area contributed by atoms with E-state index in [1.54, 1.807) is 0 Å². The van der Waals surface area contributed by atoms with Crippen LogP contribution in [0.25, 0.3) is 0 Å². The van der Waals surface area contributed by atoms with Gasteiger partial charge < -0.3 is 20.3 Å². The van der Waals surface area contributed by atoms with Crippen molar-refractivity contribution < 1.29 is 19.7 Å². The van der Waals surface area contributed by atoms with E-state index >= 15 is 0 Å². The zero-order valence-corrected chi connectivity index (χ0v) is 7.85. The first-order chi connectivity index (χ1) is 6.63. The van der Waals surface area contributed by atoms with Gasteiger partial charge in [-0.1, -0.05) is 12.2 Å². The molecule has 0 fully saturated rings. The number of amides is 1. The van der Waals surface area contributed by atoms with Gasteiger partial charge in [-0.2, -0.15) is 0 Å². The van der Waals surface area contributed by atoms with Gasteiger partial charge in [0.25, 0.3) is 0 Å². The number of hydrogen-bond acceptors (Lipinski definition) is 3. The highest BCUT2D eigenvalue weighted by Crippen LogP contribution is 1.95. The van der Waals surface area contributed by atoms with Crippen LogP contribution in [0.5, 0.6) is 0 Å². The summed E-state index contributed by atoms with van der Waals surface area (Å²) in [7, 11) is 0. The summed E-state index contributed by atoms with van der Waals surface area (Å²) >= 11 is 0. The Bertz CT molecular complexity index is 205. The first kappa shape index (κ1) is 12.7. The average molecular weight is 201 g/mol. The Hall–Kier alpha value is -1.33. The molecular formula is C9H15NO4. The average Bonchev–Trinajstić information content (AvgIpc) is 2.17. The van der Waals surface area contributed by atoms with E-state index in [4.69, 9.17) is 14.9 Å². The quantitative estimate of drug-likeness (QED) is 0.520. The number of ether oxygens (including phenoxy) is 1. The van der Waals surface area contributed by atoms with Crippen LogP contribution in [0.3, 0.4) is 0 Å². The van der Waals surface area contributed by atoms with Crippen molar-refractivity contribution in [2.45, 2.75) is 12.1 Å². The van der Waals surface area contributed by atoms with E-state index in [-0.39, 0.29) is 13.2 Å². The second kappa shape index (κ2) is 7.11. The van der Waals surface area contributed by atoms with Crippen LogP contribution >= 0.6 is 0 Å². The SMILES string of the molecule is C=CC(CO)OC[C@@H](C=C)NC(=O)O. The van der Waals surface area contributed by atoms with Crippen molar-refractivity contribution in [2.75, 3.05) is 13.2 Å². The lowest BCUT2D eigenvalue weighted by Crippen LogP contribution is -2.36. The maximum atomic E-state index is 10.3. The van der Waals surface area contributed by atoms with Gasteiger partial charge >= 0.3 is 6.09 Å². The lowest BCUT2D eigenvalue weighted by Gasteiger charge is -2.16. The number of nitrogens with one attached hydrogen (secondary N) is 1.